The minimum absolute atomic E-state index is 0.444. The molecule has 1 aromatic heterocycles. The van der Waals surface area contributed by atoms with Crippen LogP contribution in [0.3, 0.4) is 0 Å². The van der Waals surface area contributed by atoms with E-state index in [4.69, 9.17) is 27.9 Å². The summed E-state index contributed by atoms with van der Waals surface area (Å²) in [5.41, 5.74) is 0.750. The third kappa shape index (κ3) is 3.32. The first kappa shape index (κ1) is 14.9. The van der Waals surface area contributed by atoms with Gasteiger partial charge in [0.05, 0.1) is 10.7 Å². The predicted molar refractivity (Wildman–Crippen MR) is 82.2 cm³/mol. The lowest BCUT2D eigenvalue weighted by molar-refractivity contribution is 0.474. The zero-order valence-electron chi connectivity index (χ0n) is 11.5. The van der Waals surface area contributed by atoms with Crippen molar-refractivity contribution >= 4 is 29.0 Å². The van der Waals surface area contributed by atoms with Gasteiger partial charge in [0.2, 0.25) is 0 Å². The van der Waals surface area contributed by atoms with E-state index in [1.165, 1.54) is 0 Å². The van der Waals surface area contributed by atoms with Gasteiger partial charge in [0.15, 0.2) is 11.6 Å². The quantitative estimate of drug-likeness (QED) is 0.894. The monoisotopic (exact) mass is 311 g/mol. The topological polar surface area (TPSA) is 47.0 Å². The Morgan fingerprint density at radius 2 is 1.95 bits per heavy atom. The van der Waals surface area contributed by atoms with Crippen LogP contribution in [0.5, 0.6) is 11.5 Å². The van der Waals surface area contributed by atoms with Gasteiger partial charge in [-0.1, -0.05) is 23.2 Å². The Labute approximate surface area is 128 Å². The van der Waals surface area contributed by atoms with Crippen LogP contribution in [0.25, 0.3) is 0 Å². The average molecular weight is 312 g/mol. The minimum Gasteiger partial charge on any atom is -0.450 e. The van der Waals surface area contributed by atoms with Crippen molar-refractivity contribution < 1.29 is 4.74 Å². The summed E-state index contributed by atoms with van der Waals surface area (Å²) in [7, 11) is 0. The normalized spacial score (nSPS) is 10.4. The summed E-state index contributed by atoms with van der Waals surface area (Å²) in [5.74, 6) is 2.43. The Morgan fingerprint density at radius 1 is 1.20 bits per heavy atom. The predicted octanol–water partition coefficient (Wildman–Crippen LogP) is 4.62. The molecule has 2 rings (SSSR count). The van der Waals surface area contributed by atoms with Gasteiger partial charge in [0.25, 0.3) is 0 Å². The van der Waals surface area contributed by atoms with Crippen molar-refractivity contribution in [1.82, 2.24) is 9.97 Å². The van der Waals surface area contributed by atoms with Gasteiger partial charge in [-0.25, -0.2) is 9.97 Å². The fraction of sp³-hybridized carbons (Fsp3) is 0.286. The van der Waals surface area contributed by atoms with Crippen LogP contribution in [0.2, 0.25) is 10.0 Å². The molecule has 0 atom stereocenters. The number of rotatable bonds is 4. The maximum Gasteiger partial charge on any atom is 0.190 e. The first-order valence-corrected chi connectivity index (χ1v) is 6.99. The third-order valence-electron chi connectivity index (χ3n) is 2.60. The van der Waals surface area contributed by atoms with Crippen LogP contribution < -0.4 is 10.1 Å². The number of benzene rings is 1. The second-order valence-corrected chi connectivity index (χ2v) is 5.08. The molecule has 4 nitrogen and oxygen atoms in total. The second kappa shape index (κ2) is 6.29. The Balaban J connectivity index is 2.41. The first-order valence-electron chi connectivity index (χ1n) is 6.23. The highest BCUT2D eigenvalue weighted by Crippen LogP contribution is 2.35. The molecule has 106 valence electrons. The molecular weight excluding hydrogens is 297 g/mol. The zero-order valence-corrected chi connectivity index (χ0v) is 13.0. The zero-order chi connectivity index (χ0) is 14.7. The molecule has 0 aliphatic carbocycles. The molecule has 0 radical (unpaired) electrons. The highest BCUT2D eigenvalue weighted by atomic mass is 35.5. The fourth-order valence-electron chi connectivity index (χ4n) is 1.78. The number of ether oxygens (including phenoxy) is 1. The maximum absolute atomic E-state index is 6.12. The lowest BCUT2D eigenvalue weighted by Gasteiger charge is -2.14. The van der Waals surface area contributed by atoms with Gasteiger partial charge in [0.1, 0.15) is 11.6 Å². The molecule has 0 saturated heterocycles. The van der Waals surface area contributed by atoms with Gasteiger partial charge in [0, 0.05) is 11.6 Å². The van der Waals surface area contributed by atoms with Crippen LogP contribution in [-0.2, 0) is 0 Å². The van der Waals surface area contributed by atoms with Crippen molar-refractivity contribution in [2.75, 3.05) is 11.9 Å². The summed E-state index contributed by atoms with van der Waals surface area (Å²) in [4.78, 5) is 8.67. The molecule has 0 aliphatic heterocycles. The molecule has 6 heteroatoms. The van der Waals surface area contributed by atoms with E-state index in [0.29, 0.717) is 33.2 Å². The maximum atomic E-state index is 6.12. The third-order valence-corrected chi connectivity index (χ3v) is 3.13. The van der Waals surface area contributed by atoms with E-state index in [0.717, 1.165) is 12.2 Å². The molecule has 1 heterocycles. The van der Waals surface area contributed by atoms with Crippen LogP contribution in [0.4, 0.5) is 5.82 Å². The highest BCUT2D eigenvalue weighted by molar-refractivity contribution is 6.35. The molecule has 0 spiro atoms. The molecule has 0 amide bonds. The number of anilines is 1. The molecule has 20 heavy (non-hydrogen) atoms. The van der Waals surface area contributed by atoms with Gasteiger partial charge in [-0.3, -0.25) is 0 Å². The van der Waals surface area contributed by atoms with E-state index in [2.05, 4.69) is 15.3 Å². The molecule has 0 saturated carbocycles. The van der Waals surface area contributed by atoms with Gasteiger partial charge in [-0.05, 0) is 39.0 Å². The number of hydrogen-bond acceptors (Lipinski definition) is 4. The molecule has 1 aromatic carbocycles. The van der Waals surface area contributed by atoms with Crippen LogP contribution in [0.15, 0.2) is 18.2 Å². The van der Waals surface area contributed by atoms with Crippen molar-refractivity contribution in [3.63, 3.8) is 0 Å². The summed E-state index contributed by atoms with van der Waals surface area (Å²) in [5, 5.41) is 4.17. The van der Waals surface area contributed by atoms with E-state index < -0.39 is 0 Å². The second-order valence-electron chi connectivity index (χ2n) is 4.24. The van der Waals surface area contributed by atoms with Crippen LogP contribution in [0.1, 0.15) is 18.4 Å². The average Bonchev–Trinajstić information content (AvgIpc) is 2.36. The van der Waals surface area contributed by atoms with Crippen LogP contribution in [-0.4, -0.2) is 16.5 Å². The molecule has 0 bridgehead atoms. The smallest absolute Gasteiger partial charge is 0.190 e. The minimum atomic E-state index is 0.444. The Kier molecular flexibility index (Phi) is 4.68. The lowest BCUT2D eigenvalue weighted by Crippen LogP contribution is -2.06. The molecular formula is C14H15Cl2N3O. The van der Waals surface area contributed by atoms with Crippen molar-refractivity contribution in [1.29, 1.82) is 0 Å². The number of nitrogens with zero attached hydrogens (tertiary/aromatic N) is 2. The number of halogens is 2. The molecule has 0 fully saturated rings. The van der Waals surface area contributed by atoms with E-state index >= 15 is 0 Å². The lowest BCUT2D eigenvalue weighted by atomic mass is 10.3. The van der Waals surface area contributed by atoms with E-state index in [1.54, 1.807) is 18.2 Å². The largest absolute Gasteiger partial charge is 0.450 e. The Morgan fingerprint density at radius 3 is 2.60 bits per heavy atom. The summed E-state index contributed by atoms with van der Waals surface area (Å²) in [6, 6.07) is 5.08. The van der Waals surface area contributed by atoms with E-state index in [1.807, 2.05) is 20.8 Å². The highest BCUT2D eigenvalue weighted by Gasteiger charge is 2.14. The summed E-state index contributed by atoms with van der Waals surface area (Å²) >= 11 is 12.0. The number of aryl methyl sites for hydroxylation is 2. The summed E-state index contributed by atoms with van der Waals surface area (Å²) in [6.45, 7) is 6.44. The van der Waals surface area contributed by atoms with Crippen LogP contribution >= 0.6 is 23.2 Å². The summed E-state index contributed by atoms with van der Waals surface area (Å²) < 4.78 is 5.86. The number of hydrogen-bond donors (Lipinski definition) is 1. The Hall–Kier alpha value is -1.52. The van der Waals surface area contributed by atoms with Crippen molar-refractivity contribution in [2.24, 2.45) is 0 Å². The Bertz CT molecular complexity index is 632. The molecule has 0 unspecified atom stereocenters. The fourth-order valence-corrected chi connectivity index (χ4v) is 2.23. The van der Waals surface area contributed by atoms with Gasteiger partial charge >= 0.3 is 0 Å². The van der Waals surface area contributed by atoms with Gasteiger partial charge in [-0.2, -0.15) is 0 Å². The van der Waals surface area contributed by atoms with Gasteiger partial charge in [-0.15, -0.1) is 0 Å². The standard InChI is InChI=1S/C14H15Cl2N3O/c1-4-17-14-13(8(2)18-9(3)19-14)20-12-6-5-10(15)7-11(12)16/h5-7H,4H2,1-3H3,(H,17,18,19). The van der Waals surface area contributed by atoms with Gasteiger partial charge < -0.3 is 10.1 Å². The molecule has 1 N–H and O–H groups in total. The number of aromatic nitrogens is 2. The van der Waals surface area contributed by atoms with E-state index in [9.17, 15) is 0 Å². The SMILES string of the molecule is CCNc1nc(C)nc(C)c1Oc1ccc(Cl)cc1Cl. The van der Waals surface area contributed by atoms with Crippen molar-refractivity contribution in [2.45, 2.75) is 20.8 Å². The molecule has 2 aromatic rings. The first-order chi connectivity index (χ1) is 9.51. The van der Waals surface area contributed by atoms with E-state index in [-0.39, 0.29) is 0 Å². The summed E-state index contributed by atoms with van der Waals surface area (Å²) in [6.07, 6.45) is 0. The van der Waals surface area contributed by atoms with Crippen LogP contribution in [0, 0.1) is 13.8 Å². The van der Waals surface area contributed by atoms with Crippen molar-refractivity contribution in [3.05, 3.63) is 39.8 Å². The van der Waals surface area contributed by atoms with Crippen molar-refractivity contribution in [3.8, 4) is 11.5 Å². The number of nitrogens with one attached hydrogen (secondary N) is 1. The molecule has 0 aliphatic rings.